The largest absolute Gasteiger partial charge is 0.379 e. The number of hydrogen-bond acceptors (Lipinski definition) is 2. The number of carbonyl (C=O) groups is 1. The minimum absolute atomic E-state index is 0.0249. The van der Waals surface area contributed by atoms with Crippen LogP contribution in [0.3, 0.4) is 0 Å². The fourth-order valence-electron chi connectivity index (χ4n) is 0.966. The number of rotatable bonds is 3. The fraction of sp³-hybridized carbons (Fsp3) is 0.667. The van der Waals surface area contributed by atoms with Gasteiger partial charge < -0.3 is 5.32 Å². The lowest BCUT2D eigenvalue weighted by molar-refractivity contribution is -0.118. The van der Waals surface area contributed by atoms with Crippen LogP contribution in [0.5, 0.6) is 0 Å². The zero-order valence-electron chi connectivity index (χ0n) is 7.40. The molecule has 1 unspecified atom stereocenters. The van der Waals surface area contributed by atoms with Crippen LogP contribution in [0.2, 0.25) is 0 Å². The van der Waals surface area contributed by atoms with Crippen molar-refractivity contribution < 1.29 is 4.79 Å². The number of nitrogens with one attached hydrogen (secondary N) is 1. The Balaban J connectivity index is 2.41. The van der Waals surface area contributed by atoms with Crippen LogP contribution in [0.25, 0.3) is 0 Å². The summed E-state index contributed by atoms with van der Waals surface area (Å²) in [6.07, 6.45) is 2.42. The van der Waals surface area contributed by atoms with Gasteiger partial charge in [-0.25, -0.2) is 0 Å². The van der Waals surface area contributed by atoms with Crippen LogP contribution >= 0.6 is 0 Å². The highest BCUT2D eigenvalue weighted by atomic mass is 16.1. The number of ketones is 1. The summed E-state index contributed by atoms with van der Waals surface area (Å²) in [5.41, 5.74) is 2.67. The Labute approximate surface area is 67.7 Å². The molecule has 0 bridgehead atoms. The van der Waals surface area contributed by atoms with E-state index in [1.54, 1.807) is 6.92 Å². The van der Waals surface area contributed by atoms with Gasteiger partial charge in [-0.2, -0.15) is 0 Å². The molecule has 0 aromatic heterocycles. The summed E-state index contributed by atoms with van der Waals surface area (Å²) in [5.74, 6) is 0.200. The van der Waals surface area contributed by atoms with E-state index in [4.69, 9.17) is 0 Å². The molecule has 0 aromatic rings. The first-order valence-electron chi connectivity index (χ1n) is 4.07. The highest BCUT2D eigenvalue weighted by Crippen LogP contribution is 2.30. The Morgan fingerprint density at radius 1 is 1.45 bits per heavy atom. The van der Waals surface area contributed by atoms with Crippen molar-refractivity contribution in [2.24, 2.45) is 0 Å². The Kier molecular flexibility index (Phi) is 2.32. The van der Waals surface area contributed by atoms with Gasteiger partial charge in [-0.05, 0) is 33.6 Å². The van der Waals surface area contributed by atoms with Gasteiger partial charge in [0.15, 0.2) is 5.78 Å². The van der Waals surface area contributed by atoms with Crippen LogP contribution in [0, 0.1) is 0 Å². The average molecular weight is 153 g/mol. The molecule has 0 radical (unpaired) electrons. The normalized spacial score (nSPS) is 17.5. The molecule has 2 nitrogen and oxygen atoms in total. The maximum absolute atomic E-state index is 10.8. The van der Waals surface area contributed by atoms with Crippen LogP contribution in [0.15, 0.2) is 11.3 Å². The topological polar surface area (TPSA) is 29.1 Å². The van der Waals surface area contributed by atoms with E-state index in [1.807, 2.05) is 13.8 Å². The van der Waals surface area contributed by atoms with Gasteiger partial charge in [0.05, 0.1) is 6.04 Å². The van der Waals surface area contributed by atoms with Crippen molar-refractivity contribution in [2.75, 3.05) is 0 Å². The van der Waals surface area contributed by atoms with Crippen molar-refractivity contribution in [1.29, 1.82) is 0 Å². The van der Waals surface area contributed by atoms with E-state index >= 15 is 0 Å². The van der Waals surface area contributed by atoms with Crippen LogP contribution in [0.4, 0.5) is 0 Å². The SMILES string of the molecule is CC(=O)C(C)NC(C)=C1CC1. The smallest absolute Gasteiger partial charge is 0.151 e. The lowest BCUT2D eigenvalue weighted by atomic mass is 10.2. The molecule has 1 N–H and O–H groups in total. The molecule has 1 fully saturated rings. The molecule has 1 rings (SSSR count). The van der Waals surface area contributed by atoms with Crippen LogP contribution in [-0.4, -0.2) is 11.8 Å². The van der Waals surface area contributed by atoms with Crippen molar-refractivity contribution in [3.63, 3.8) is 0 Å². The van der Waals surface area contributed by atoms with Crippen molar-refractivity contribution in [3.8, 4) is 0 Å². The van der Waals surface area contributed by atoms with Gasteiger partial charge in [0.2, 0.25) is 0 Å². The van der Waals surface area contributed by atoms with Crippen LogP contribution < -0.4 is 5.32 Å². The molecule has 1 aliphatic carbocycles. The van der Waals surface area contributed by atoms with E-state index in [0.29, 0.717) is 0 Å². The first-order valence-corrected chi connectivity index (χ1v) is 4.07. The summed E-state index contributed by atoms with van der Waals surface area (Å²) >= 11 is 0. The molecule has 62 valence electrons. The lowest BCUT2D eigenvalue weighted by Crippen LogP contribution is -2.30. The Morgan fingerprint density at radius 3 is 2.36 bits per heavy atom. The predicted molar refractivity (Wildman–Crippen MR) is 45.2 cm³/mol. The summed E-state index contributed by atoms with van der Waals surface area (Å²) in [6.45, 7) is 5.55. The molecule has 0 aromatic carbocycles. The lowest BCUT2D eigenvalue weighted by Gasteiger charge is -2.11. The molecular formula is C9H15NO. The maximum Gasteiger partial charge on any atom is 0.151 e. The van der Waals surface area contributed by atoms with E-state index in [9.17, 15) is 4.79 Å². The molecule has 2 heteroatoms. The molecule has 0 spiro atoms. The summed E-state index contributed by atoms with van der Waals surface area (Å²) in [5, 5.41) is 3.17. The van der Waals surface area contributed by atoms with E-state index in [0.717, 1.165) is 0 Å². The van der Waals surface area contributed by atoms with Crippen molar-refractivity contribution in [3.05, 3.63) is 11.3 Å². The average Bonchev–Trinajstić information content (AvgIpc) is 2.67. The molecule has 0 aliphatic heterocycles. The van der Waals surface area contributed by atoms with Gasteiger partial charge in [-0.15, -0.1) is 0 Å². The number of carbonyl (C=O) groups excluding carboxylic acids is 1. The maximum atomic E-state index is 10.8. The minimum Gasteiger partial charge on any atom is -0.379 e. The monoisotopic (exact) mass is 153 g/mol. The third kappa shape index (κ3) is 2.37. The van der Waals surface area contributed by atoms with Crippen molar-refractivity contribution >= 4 is 5.78 Å². The van der Waals surface area contributed by atoms with Gasteiger partial charge in [0.1, 0.15) is 0 Å². The molecule has 11 heavy (non-hydrogen) atoms. The fourth-order valence-corrected chi connectivity index (χ4v) is 0.966. The molecule has 1 atom stereocenters. The van der Waals surface area contributed by atoms with E-state index < -0.39 is 0 Å². The van der Waals surface area contributed by atoms with Crippen molar-refractivity contribution in [2.45, 2.75) is 39.7 Å². The number of allylic oxidation sites excluding steroid dienone is 2. The second kappa shape index (κ2) is 3.07. The van der Waals surface area contributed by atoms with Gasteiger partial charge in [-0.1, -0.05) is 5.57 Å². The predicted octanol–water partition coefficient (Wildman–Crippen LogP) is 1.62. The number of Topliss-reactive ketones (excluding diaryl/α,β-unsaturated/α-hetero) is 1. The zero-order valence-corrected chi connectivity index (χ0v) is 7.40. The molecular weight excluding hydrogens is 138 g/mol. The molecule has 1 aliphatic rings. The second-order valence-corrected chi connectivity index (χ2v) is 3.21. The van der Waals surface area contributed by atoms with E-state index in [1.165, 1.54) is 24.1 Å². The van der Waals surface area contributed by atoms with Gasteiger partial charge >= 0.3 is 0 Å². The highest BCUT2D eigenvalue weighted by molar-refractivity contribution is 5.81. The van der Waals surface area contributed by atoms with Gasteiger partial charge in [0, 0.05) is 5.70 Å². The quantitative estimate of drug-likeness (QED) is 0.667. The van der Waals surface area contributed by atoms with Crippen molar-refractivity contribution in [1.82, 2.24) is 5.32 Å². The van der Waals surface area contributed by atoms with Gasteiger partial charge in [-0.3, -0.25) is 4.79 Å². The third-order valence-corrected chi connectivity index (χ3v) is 2.07. The Hall–Kier alpha value is -0.790. The van der Waals surface area contributed by atoms with E-state index in [-0.39, 0.29) is 11.8 Å². The molecule has 0 heterocycles. The first kappa shape index (κ1) is 8.31. The number of hydrogen-bond donors (Lipinski definition) is 1. The first-order chi connectivity index (χ1) is 5.11. The summed E-state index contributed by atoms with van der Waals surface area (Å²) < 4.78 is 0. The van der Waals surface area contributed by atoms with Crippen LogP contribution in [-0.2, 0) is 4.79 Å². The standard InChI is InChI=1S/C9H15NO/c1-6(8(3)11)10-7(2)9-4-5-9/h6,10H,4-5H2,1-3H3. The third-order valence-electron chi connectivity index (χ3n) is 2.07. The van der Waals surface area contributed by atoms with Crippen LogP contribution in [0.1, 0.15) is 33.6 Å². The highest BCUT2D eigenvalue weighted by Gasteiger charge is 2.16. The van der Waals surface area contributed by atoms with Gasteiger partial charge in [0.25, 0.3) is 0 Å². The second-order valence-electron chi connectivity index (χ2n) is 3.21. The summed E-state index contributed by atoms with van der Waals surface area (Å²) in [7, 11) is 0. The summed E-state index contributed by atoms with van der Waals surface area (Å²) in [6, 6.07) is -0.0249. The molecule has 0 saturated heterocycles. The molecule has 0 amide bonds. The Morgan fingerprint density at radius 2 is 2.00 bits per heavy atom. The zero-order chi connectivity index (χ0) is 8.43. The summed E-state index contributed by atoms with van der Waals surface area (Å²) in [4.78, 5) is 10.8. The molecule has 1 saturated carbocycles. The minimum atomic E-state index is -0.0249. The van der Waals surface area contributed by atoms with E-state index in [2.05, 4.69) is 5.32 Å². The Bertz CT molecular complexity index is 200.